The second-order valence-electron chi connectivity index (χ2n) is 4.01. The molecule has 2 aromatic rings. The molecule has 1 atom stereocenters. The fourth-order valence-electron chi connectivity index (χ4n) is 1.70. The SMILES string of the molecule is CCC(C)N(C)c1nc2sccn2c1C(=O)O. The molecule has 92 valence electrons. The van der Waals surface area contributed by atoms with Crippen LogP contribution in [0.5, 0.6) is 0 Å². The molecule has 0 aromatic carbocycles. The number of hydrogen-bond donors (Lipinski definition) is 1. The normalized spacial score (nSPS) is 12.9. The van der Waals surface area contributed by atoms with Crippen molar-refractivity contribution >= 4 is 28.1 Å². The van der Waals surface area contributed by atoms with Crippen LogP contribution in [0, 0.1) is 0 Å². The maximum atomic E-state index is 11.3. The molecule has 5 nitrogen and oxygen atoms in total. The molecule has 0 aliphatic rings. The summed E-state index contributed by atoms with van der Waals surface area (Å²) >= 11 is 1.44. The van der Waals surface area contributed by atoms with Crippen LogP contribution < -0.4 is 4.90 Å². The Bertz CT molecular complexity index is 546. The van der Waals surface area contributed by atoms with Crippen molar-refractivity contribution < 1.29 is 9.90 Å². The van der Waals surface area contributed by atoms with Crippen LogP contribution in [0.4, 0.5) is 5.82 Å². The number of anilines is 1. The first-order valence-electron chi connectivity index (χ1n) is 5.48. The standard InChI is InChI=1S/C11H15N3O2S/c1-4-7(2)13(3)9-8(10(15)16)14-5-6-17-11(14)12-9/h5-7H,4H2,1-3H3,(H,15,16). The molecule has 0 fully saturated rings. The quantitative estimate of drug-likeness (QED) is 0.908. The summed E-state index contributed by atoms with van der Waals surface area (Å²) in [4.78, 5) is 18.4. The molecule has 1 N–H and O–H groups in total. The first kappa shape index (κ1) is 11.9. The highest BCUT2D eigenvalue weighted by molar-refractivity contribution is 7.15. The zero-order valence-corrected chi connectivity index (χ0v) is 10.9. The van der Waals surface area contributed by atoms with Crippen LogP contribution >= 0.6 is 11.3 Å². The molecule has 0 amide bonds. The third kappa shape index (κ3) is 1.88. The molecule has 0 radical (unpaired) electrons. The molecule has 0 saturated carbocycles. The molecule has 2 aromatic heterocycles. The van der Waals surface area contributed by atoms with Gasteiger partial charge in [0.15, 0.2) is 16.5 Å². The second-order valence-corrected chi connectivity index (χ2v) is 4.89. The molecule has 0 aliphatic heterocycles. The lowest BCUT2D eigenvalue weighted by atomic mass is 10.2. The summed E-state index contributed by atoms with van der Waals surface area (Å²) in [5, 5.41) is 11.1. The van der Waals surface area contributed by atoms with Crippen LogP contribution in [0.25, 0.3) is 4.96 Å². The van der Waals surface area contributed by atoms with Crippen molar-refractivity contribution in [1.29, 1.82) is 0 Å². The maximum Gasteiger partial charge on any atom is 0.356 e. The molecule has 0 aliphatic carbocycles. The topological polar surface area (TPSA) is 57.8 Å². The fourth-order valence-corrected chi connectivity index (χ4v) is 2.41. The Hall–Kier alpha value is -1.56. The van der Waals surface area contributed by atoms with E-state index in [-0.39, 0.29) is 11.7 Å². The van der Waals surface area contributed by atoms with Crippen LogP contribution in [0.1, 0.15) is 30.8 Å². The Morgan fingerprint density at radius 3 is 3.00 bits per heavy atom. The van der Waals surface area contributed by atoms with E-state index >= 15 is 0 Å². The number of carboxylic acid groups (broad SMARTS) is 1. The van der Waals surface area contributed by atoms with Crippen molar-refractivity contribution in [2.24, 2.45) is 0 Å². The summed E-state index contributed by atoms with van der Waals surface area (Å²) in [6.45, 7) is 4.12. The molecule has 0 bridgehead atoms. The average molecular weight is 253 g/mol. The number of aromatic nitrogens is 2. The number of aromatic carboxylic acids is 1. The molecule has 17 heavy (non-hydrogen) atoms. The lowest BCUT2D eigenvalue weighted by Crippen LogP contribution is -2.29. The van der Waals surface area contributed by atoms with Gasteiger partial charge in [-0.2, -0.15) is 0 Å². The number of thiazole rings is 1. The van der Waals surface area contributed by atoms with E-state index in [0.717, 1.165) is 6.42 Å². The first-order chi connectivity index (χ1) is 8.06. The molecular weight excluding hydrogens is 238 g/mol. The van der Waals surface area contributed by atoms with Gasteiger partial charge in [-0.1, -0.05) is 6.92 Å². The van der Waals surface area contributed by atoms with E-state index in [1.54, 1.807) is 10.6 Å². The van der Waals surface area contributed by atoms with Crippen molar-refractivity contribution in [3.63, 3.8) is 0 Å². The van der Waals surface area contributed by atoms with Crippen LogP contribution in [0.3, 0.4) is 0 Å². The summed E-state index contributed by atoms with van der Waals surface area (Å²) in [5.74, 6) is -0.403. The molecule has 1 unspecified atom stereocenters. The highest BCUT2D eigenvalue weighted by atomic mass is 32.1. The largest absolute Gasteiger partial charge is 0.476 e. The fraction of sp³-hybridized carbons (Fsp3) is 0.455. The summed E-state index contributed by atoms with van der Waals surface area (Å²) in [5.41, 5.74) is 0.240. The number of imidazole rings is 1. The lowest BCUT2D eigenvalue weighted by Gasteiger charge is -2.24. The van der Waals surface area contributed by atoms with E-state index in [1.807, 2.05) is 17.3 Å². The third-order valence-corrected chi connectivity index (χ3v) is 3.79. The summed E-state index contributed by atoms with van der Waals surface area (Å²) in [7, 11) is 1.88. The summed E-state index contributed by atoms with van der Waals surface area (Å²) < 4.78 is 1.63. The van der Waals surface area contributed by atoms with E-state index in [4.69, 9.17) is 0 Å². The maximum absolute atomic E-state index is 11.3. The number of nitrogens with zero attached hydrogens (tertiary/aromatic N) is 3. The van der Waals surface area contributed by atoms with Gasteiger partial charge in [0.05, 0.1) is 0 Å². The molecular formula is C11H15N3O2S. The predicted octanol–water partition coefficient (Wildman–Crippen LogP) is 2.33. The third-order valence-electron chi connectivity index (χ3n) is 3.03. The Kier molecular flexibility index (Phi) is 3.06. The van der Waals surface area contributed by atoms with Crippen molar-refractivity contribution in [3.05, 3.63) is 17.3 Å². The zero-order valence-electron chi connectivity index (χ0n) is 10.0. The highest BCUT2D eigenvalue weighted by Gasteiger charge is 2.23. The summed E-state index contributed by atoms with van der Waals surface area (Å²) in [6, 6.07) is 0.262. The smallest absolute Gasteiger partial charge is 0.356 e. The van der Waals surface area contributed by atoms with E-state index in [0.29, 0.717) is 10.8 Å². The van der Waals surface area contributed by atoms with Crippen molar-refractivity contribution in [1.82, 2.24) is 9.38 Å². The minimum Gasteiger partial charge on any atom is -0.476 e. The van der Waals surface area contributed by atoms with Crippen molar-refractivity contribution in [2.45, 2.75) is 26.3 Å². The first-order valence-corrected chi connectivity index (χ1v) is 6.35. The van der Waals surface area contributed by atoms with Gasteiger partial charge in [-0.25, -0.2) is 9.78 Å². The highest BCUT2D eigenvalue weighted by Crippen LogP contribution is 2.25. The Morgan fingerprint density at radius 2 is 2.41 bits per heavy atom. The van der Waals surface area contributed by atoms with Gasteiger partial charge in [0, 0.05) is 24.7 Å². The van der Waals surface area contributed by atoms with Crippen LogP contribution in [-0.2, 0) is 0 Å². The van der Waals surface area contributed by atoms with Crippen LogP contribution in [-0.4, -0.2) is 33.6 Å². The number of carbonyl (C=O) groups is 1. The van der Waals surface area contributed by atoms with Gasteiger partial charge in [-0.3, -0.25) is 4.40 Å². The Balaban J connectivity index is 2.56. The molecule has 0 saturated heterocycles. The second kappa shape index (κ2) is 4.37. The van der Waals surface area contributed by atoms with Crippen molar-refractivity contribution in [3.8, 4) is 0 Å². The van der Waals surface area contributed by atoms with E-state index in [2.05, 4.69) is 18.8 Å². The lowest BCUT2D eigenvalue weighted by molar-refractivity contribution is 0.0690. The van der Waals surface area contributed by atoms with Crippen LogP contribution in [0.2, 0.25) is 0 Å². The molecule has 0 spiro atoms. The summed E-state index contributed by atoms with van der Waals surface area (Å²) in [6.07, 6.45) is 2.69. The van der Waals surface area contributed by atoms with E-state index in [9.17, 15) is 9.90 Å². The number of rotatable bonds is 4. The number of hydrogen-bond acceptors (Lipinski definition) is 4. The monoisotopic (exact) mass is 253 g/mol. The number of fused-ring (bicyclic) bond motifs is 1. The van der Waals surface area contributed by atoms with Gasteiger partial charge < -0.3 is 10.0 Å². The average Bonchev–Trinajstić information content (AvgIpc) is 2.85. The number of carboxylic acids is 1. The minimum atomic E-state index is -0.943. The van der Waals surface area contributed by atoms with Gasteiger partial charge in [-0.15, -0.1) is 11.3 Å². The van der Waals surface area contributed by atoms with Gasteiger partial charge in [0.1, 0.15) is 0 Å². The minimum absolute atomic E-state index is 0.240. The zero-order chi connectivity index (χ0) is 12.6. The van der Waals surface area contributed by atoms with Crippen molar-refractivity contribution in [2.75, 3.05) is 11.9 Å². The molecule has 2 rings (SSSR count). The predicted molar refractivity (Wildman–Crippen MR) is 68.2 cm³/mol. The van der Waals surface area contributed by atoms with Crippen LogP contribution in [0.15, 0.2) is 11.6 Å². The van der Waals surface area contributed by atoms with Gasteiger partial charge in [0.25, 0.3) is 0 Å². The van der Waals surface area contributed by atoms with E-state index < -0.39 is 5.97 Å². The van der Waals surface area contributed by atoms with Gasteiger partial charge >= 0.3 is 5.97 Å². The molecule has 2 heterocycles. The molecule has 6 heteroatoms. The Labute approximate surface area is 103 Å². The van der Waals surface area contributed by atoms with Gasteiger partial charge in [-0.05, 0) is 13.3 Å². The Morgan fingerprint density at radius 1 is 1.71 bits per heavy atom. The van der Waals surface area contributed by atoms with E-state index in [1.165, 1.54) is 11.3 Å². The van der Waals surface area contributed by atoms with Gasteiger partial charge in [0.2, 0.25) is 0 Å².